The van der Waals surface area contributed by atoms with Gasteiger partial charge in [0.25, 0.3) is 11.8 Å². The number of alkyl halides is 3. The molecule has 0 spiro atoms. The monoisotopic (exact) mass is 778 g/mol. The molecule has 0 aliphatic heterocycles. The molecule has 1 aromatic carbocycles. The highest BCUT2D eigenvalue weighted by Crippen LogP contribution is 2.30. The first-order chi connectivity index (χ1) is 24.9. The minimum Gasteiger partial charge on any atom is -0.406 e. The first-order valence-electron chi connectivity index (χ1n) is 16.9. The molecular formula is C37H38BrF3N8O3. The number of pyridine rings is 2. The zero-order valence-electron chi connectivity index (χ0n) is 28.7. The van der Waals surface area contributed by atoms with Crippen LogP contribution in [0.4, 0.5) is 13.2 Å². The quantitative estimate of drug-likeness (QED) is 0.136. The lowest BCUT2D eigenvalue weighted by Crippen LogP contribution is -2.43. The molecule has 0 saturated heterocycles. The molecule has 0 atom stereocenters. The van der Waals surface area contributed by atoms with E-state index in [2.05, 4.69) is 40.6 Å². The predicted octanol–water partition coefficient (Wildman–Crippen LogP) is 7.35. The van der Waals surface area contributed by atoms with Crippen LogP contribution in [0.1, 0.15) is 70.6 Å². The smallest absolute Gasteiger partial charge is 0.406 e. The Hall–Kier alpha value is -5.05. The van der Waals surface area contributed by atoms with Crippen LogP contribution in [0.2, 0.25) is 0 Å². The zero-order chi connectivity index (χ0) is 36.8. The van der Waals surface area contributed by atoms with Crippen molar-refractivity contribution in [2.75, 3.05) is 0 Å². The molecule has 2 saturated carbocycles. The number of nitrogens with zero attached hydrogens (tertiary/aromatic N) is 8. The number of hydrogen-bond acceptors (Lipinski definition) is 7. The Morgan fingerprint density at radius 1 is 0.769 bits per heavy atom. The largest absolute Gasteiger partial charge is 0.573 e. The number of carbonyl (C=O) groups excluding carboxylic acids is 2. The van der Waals surface area contributed by atoms with Crippen molar-refractivity contribution < 1.29 is 27.5 Å². The van der Waals surface area contributed by atoms with E-state index in [-0.39, 0.29) is 23.6 Å². The number of benzene rings is 1. The standard InChI is InChI=1S/C22H21F3N4O2.C15H17BrN4O/c1-28-13-20(27-14-28)21(30)29(17-3-2-4-17)12-15-9-10-26-19(11-15)16-5-7-18(8-6-16)31-22(23,24)25;1-19-9-13(18-10-19)15(21)20(12-3-2-4-12)8-11-5-6-17-14(16)7-11/h5-11,13-14,17H,2-4,12H2,1H3;5-7,9-10,12H,2-4,8H2,1H3. The summed E-state index contributed by atoms with van der Waals surface area (Å²) in [4.78, 5) is 46.3. The highest BCUT2D eigenvalue weighted by atomic mass is 79.9. The number of aromatic nitrogens is 6. The van der Waals surface area contributed by atoms with Crippen molar-refractivity contribution in [1.29, 1.82) is 0 Å². The lowest BCUT2D eigenvalue weighted by Gasteiger charge is -2.37. The molecule has 11 nitrogen and oxygen atoms in total. The fraction of sp³-hybridized carbons (Fsp3) is 0.351. The fourth-order valence-electron chi connectivity index (χ4n) is 5.96. The third-order valence-electron chi connectivity index (χ3n) is 9.11. The van der Waals surface area contributed by atoms with Gasteiger partial charge in [-0.05, 0) is 114 Å². The summed E-state index contributed by atoms with van der Waals surface area (Å²) in [5.41, 5.74) is 4.14. The zero-order valence-corrected chi connectivity index (χ0v) is 30.3. The summed E-state index contributed by atoms with van der Waals surface area (Å²) in [6, 6.07) is 13.6. The Labute approximate surface area is 307 Å². The van der Waals surface area contributed by atoms with Crippen LogP contribution in [0, 0.1) is 0 Å². The minimum absolute atomic E-state index is 0.00762. The van der Waals surface area contributed by atoms with Crippen LogP contribution in [0.5, 0.6) is 5.75 Å². The SMILES string of the molecule is Cn1cnc(C(=O)N(Cc2ccnc(-c3ccc(OC(F)(F)F)cc3)c2)C2CCC2)c1.Cn1cnc(C(=O)N(Cc2ccnc(Br)c2)C2CCC2)c1. The molecule has 0 N–H and O–H groups in total. The van der Waals surface area contributed by atoms with Crippen molar-refractivity contribution in [2.24, 2.45) is 14.1 Å². The Morgan fingerprint density at radius 3 is 1.69 bits per heavy atom. The summed E-state index contributed by atoms with van der Waals surface area (Å²) in [5, 5.41) is 0. The summed E-state index contributed by atoms with van der Waals surface area (Å²) in [6.07, 6.45) is 11.7. The number of amides is 2. The topological polar surface area (TPSA) is 111 Å². The van der Waals surface area contributed by atoms with Crippen molar-refractivity contribution in [2.45, 2.75) is 70.1 Å². The molecule has 2 aliphatic rings. The van der Waals surface area contributed by atoms with Crippen LogP contribution in [0.15, 0.2) is 90.6 Å². The molecule has 0 bridgehead atoms. The van der Waals surface area contributed by atoms with E-state index < -0.39 is 6.36 Å². The third kappa shape index (κ3) is 9.43. The lowest BCUT2D eigenvalue weighted by atomic mass is 9.90. The van der Waals surface area contributed by atoms with Crippen molar-refractivity contribution >= 4 is 27.7 Å². The van der Waals surface area contributed by atoms with E-state index in [0.29, 0.717) is 41.8 Å². The summed E-state index contributed by atoms with van der Waals surface area (Å²) in [5.74, 6) is -0.393. The van der Waals surface area contributed by atoms with Gasteiger partial charge in [0.15, 0.2) is 0 Å². The second kappa shape index (κ2) is 16.1. The molecule has 0 unspecified atom stereocenters. The van der Waals surface area contributed by atoms with E-state index in [1.807, 2.05) is 48.2 Å². The summed E-state index contributed by atoms with van der Waals surface area (Å²) >= 11 is 3.38. The van der Waals surface area contributed by atoms with Crippen molar-refractivity contribution in [1.82, 2.24) is 38.9 Å². The van der Waals surface area contributed by atoms with E-state index >= 15 is 0 Å². The summed E-state index contributed by atoms with van der Waals surface area (Å²) in [6.45, 7) is 1.01. The van der Waals surface area contributed by atoms with Gasteiger partial charge in [-0.1, -0.05) is 0 Å². The first-order valence-corrected chi connectivity index (χ1v) is 17.7. The van der Waals surface area contributed by atoms with E-state index in [0.717, 1.165) is 47.8 Å². The number of aryl methyl sites for hydroxylation is 2. The number of imidazole rings is 2. The molecule has 2 fully saturated rings. The van der Waals surface area contributed by atoms with Crippen LogP contribution < -0.4 is 4.74 Å². The molecule has 4 heterocycles. The maximum Gasteiger partial charge on any atom is 0.573 e. The number of halogens is 4. The predicted molar refractivity (Wildman–Crippen MR) is 190 cm³/mol. The maximum atomic E-state index is 13.0. The molecule has 7 rings (SSSR count). The van der Waals surface area contributed by atoms with Crippen LogP contribution >= 0.6 is 15.9 Å². The van der Waals surface area contributed by atoms with Gasteiger partial charge in [-0.2, -0.15) is 0 Å². The van der Waals surface area contributed by atoms with E-state index in [4.69, 9.17) is 0 Å². The first kappa shape index (κ1) is 36.7. The van der Waals surface area contributed by atoms with Gasteiger partial charge in [0, 0.05) is 69.6 Å². The molecule has 52 heavy (non-hydrogen) atoms. The van der Waals surface area contributed by atoms with Crippen LogP contribution in [0.25, 0.3) is 11.3 Å². The lowest BCUT2D eigenvalue weighted by molar-refractivity contribution is -0.274. The molecule has 0 radical (unpaired) electrons. The van der Waals surface area contributed by atoms with Gasteiger partial charge in [-0.25, -0.2) is 15.0 Å². The molecule has 15 heteroatoms. The van der Waals surface area contributed by atoms with Crippen molar-refractivity contribution in [3.8, 4) is 17.0 Å². The number of hydrogen-bond donors (Lipinski definition) is 0. The number of rotatable bonds is 10. The van der Waals surface area contributed by atoms with E-state index in [9.17, 15) is 22.8 Å². The second-order valence-corrected chi connectivity index (χ2v) is 13.8. The molecule has 272 valence electrons. The Kier molecular flexibility index (Phi) is 11.4. The summed E-state index contributed by atoms with van der Waals surface area (Å²) in [7, 11) is 3.69. The van der Waals surface area contributed by atoms with Gasteiger partial charge in [-0.15, -0.1) is 13.2 Å². The average molecular weight is 780 g/mol. The molecule has 2 amide bonds. The molecule has 4 aromatic heterocycles. The van der Waals surface area contributed by atoms with Crippen LogP contribution in [-0.4, -0.2) is 69.1 Å². The number of carbonyl (C=O) groups is 2. The van der Waals surface area contributed by atoms with Gasteiger partial charge < -0.3 is 23.7 Å². The third-order valence-corrected chi connectivity index (χ3v) is 9.54. The van der Waals surface area contributed by atoms with Crippen molar-refractivity contribution in [3.63, 3.8) is 0 Å². The molecule has 2 aliphatic carbocycles. The summed E-state index contributed by atoms with van der Waals surface area (Å²) < 4.78 is 45.3. The van der Waals surface area contributed by atoms with Crippen LogP contribution in [-0.2, 0) is 27.2 Å². The Balaban J connectivity index is 0.000000192. The minimum atomic E-state index is -4.73. The molecular weight excluding hydrogens is 741 g/mol. The maximum absolute atomic E-state index is 13.0. The Bertz CT molecular complexity index is 1990. The second-order valence-electron chi connectivity index (χ2n) is 13.0. The number of ether oxygens (including phenoxy) is 1. The van der Waals surface area contributed by atoms with Gasteiger partial charge in [-0.3, -0.25) is 14.6 Å². The van der Waals surface area contributed by atoms with Crippen LogP contribution in [0.3, 0.4) is 0 Å². The normalized spacial score (nSPS) is 14.4. The highest BCUT2D eigenvalue weighted by Gasteiger charge is 2.32. The molecule has 5 aromatic rings. The van der Waals surface area contributed by atoms with Gasteiger partial charge in [0.05, 0.1) is 18.3 Å². The van der Waals surface area contributed by atoms with Gasteiger partial charge in [0.1, 0.15) is 21.7 Å². The van der Waals surface area contributed by atoms with Gasteiger partial charge in [0.2, 0.25) is 0 Å². The fourth-order valence-corrected chi connectivity index (χ4v) is 6.38. The van der Waals surface area contributed by atoms with E-state index in [1.165, 1.54) is 30.7 Å². The van der Waals surface area contributed by atoms with Crippen molar-refractivity contribution in [3.05, 3.63) is 113 Å². The highest BCUT2D eigenvalue weighted by molar-refractivity contribution is 9.10. The van der Waals surface area contributed by atoms with Gasteiger partial charge >= 0.3 is 6.36 Å². The van der Waals surface area contributed by atoms with E-state index in [1.54, 1.807) is 46.6 Å². The average Bonchev–Trinajstić information content (AvgIpc) is 3.70. The Morgan fingerprint density at radius 2 is 1.27 bits per heavy atom.